The summed E-state index contributed by atoms with van der Waals surface area (Å²) in [5.41, 5.74) is 7.95. The van der Waals surface area contributed by atoms with E-state index in [-0.39, 0.29) is 16.6 Å². The molecular formula is C15H14N2O2S. The maximum absolute atomic E-state index is 12.0. The molecular weight excluding hydrogens is 272 g/mol. The summed E-state index contributed by atoms with van der Waals surface area (Å²) >= 11 is 4.85. The normalized spacial score (nSPS) is 10.1. The third-order valence-electron chi connectivity index (χ3n) is 2.83. The van der Waals surface area contributed by atoms with E-state index in [1.54, 1.807) is 36.4 Å². The summed E-state index contributed by atoms with van der Waals surface area (Å²) in [6.45, 7) is 1.86. The van der Waals surface area contributed by atoms with Gasteiger partial charge >= 0.3 is 0 Å². The number of phenolic OH excluding ortho intramolecular Hbond substituents is 1. The zero-order valence-corrected chi connectivity index (χ0v) is 11.7. The predicted molar refractivity (Wildman–Crippen MR) is 83.1 cm³/mol. The van der Waals surface area contributed by atoms with Gasteiger partial charge in [-0.2, -0.15) is 0 Å². The maximum Gasteiger partial charge on any atom is 0.255 e. The van der Waals surface area contributed by atoms with E-state index >= 15 is 0 Å². The number of amides is 1. The number of nitrogens with two attached hydrogens (primary N) is 1. The van der Waals surface area contributed by atoms with Crippen LogP contribution in [-0.2, 0) is 0 Å². The van der Waals surface area contributed by atoms with Crippen LogP contribution in [-0.4, -0.2) is 16.0 Å². The Morgan fingerprint density at radius 2 is 1.75 bits per heavy atom. The number of anilines is 1. The highest BCUT2D eigenvalue weighted by molar-refractivity contribution is 7.80. The fraction of sp³-hybridized carbons (Fsp3) is 0.0667. The standard InChI is InChI=1S/C15H14N2O2S/c1-9-2-7-12(13(18)8-9)17-15(19)11-5-3-10(4-6-11)14(16)20/h2-8,18H,1H3,(H2,16,20)(H,17,19). The van der Waals surface area contributed by atoms with Crippen LogP contribution >= 0.6 is 12.2 Å². The van der Waals surface area contributed by atoms with E-state index in [9.17, 15) is 9.90 Å². The van der Waals surface area contributed by atoms with E-state index < -0.39 is 0 Å². The first-order chi connectivity index (χ1) is 9.47. The molecule has 0 radical (unpaired) electrons. The van der Waals surface area contributed by atoms with Gasteiger partial charge in [-0.15, -0.1) is 0 Å². The van der Waals surface area contributed by atoms with Gasteiger partial charge in [0.15, 0.2) is 0 Å². The Balaban J connectivity index is 2.17. The van der Waals surface area contributed by atoms with Crippen molar-refractivity contribution in [3.8, 4) is 5.75 Å². The summed E-state index contributed by atoms with van der Waals surface area (Å²) in [7, 11) is 0. The number of aromatic hydroxyl groups is 1. The topological polar surface area (TPSA) is 75.4 Å². The summed E-state index contributed by atoms with van der Waals surface area (Å²) in [5.74, 6) is -0.267. The van der Waals surface area contributed by atoms with Crippen molar-refractivity contribution in [1.29, 1.82) is 0 Å². The van der Waals surface area contributed by atoms with Crippen LogP contribution in [0.4, 0.5) is 5.69 Å². The third kappa shape index (κ3) is 3.13. The second kappa shape index (κ2) is 5.71. The molecule has 20 heavy (non-hydrogen) atoms. The van der Waals surface area contributed by atoms with Crippen molar-refractivity contribution >= 4 is 28.8 Å². The Bertz CT molecular complexity index is 666. The molecule has 2 aromatic rings. The molecule has 0 atom stereocenters. The monoisotopic (exact) mass is 286 g/mol. The molecule has 0 saturated carbocycles. The first-order valence-electron chi connectivity index (χ1n) is 5.98. The van der Waals surface area contributed by atoms with E-state index in [2.05, 4.69) is 5.32 Å². The maximum atomic E-state index is 12.0. The van der Waals surface area contributed by atoms with Crippen molar-refractivity contribution in [2.24, 2.45) is 5.73 Å². The lowest BCUT2D eigenvalue weighted by Gasteiger charge is -2.08. The van der Waals surface area contributed by atoms with Gasteiger partial charge in [0.25, 0.3) is 5.91 Å². The molecule has 1 amide bonds. The largest absolute Gasteiger partial charge is 0.506 e. The highest BCUT2D eigenvalue weighted by Gasteiger charge is 2.09. The molecule has 0 fully saturated rings. The van der Waals surface area contributed by atoms with Gasteiger partial charge in [0, 0.05) is 11.1 Å². The van der Waals surface area contributed by atoms with E-state index in [4.69, 9.17) is 18.0 Å². The van der Waals surface area contributed by atoms with Crippen LogP contribution in [0.2, 0.25) is 0 Å². The summed E-state index contributed by atoms with van der Waals surface area (Å²) < 4.78 is 0. The zero-order valence-electron chi connectivity index (χ0n) is 10.9. The molecule has 0 aliphatic heterocycles. The van der Waals surface area contributed by atoms with Crippen LogP contribution < -0.4 is 11.1 Å². The fourth-order valence-electron chi connectivity index (χ4n) is 1.73. The van der Waals surface area contributed by atoms with E-state index in [1.165, 1.54) is 0 Å². The number of phenols is 1. The number of carbonyl (C=O) groups is 1. The quantitative estimate of drug-likeness (QED) is 0.599. The molecule has 0 heterocycles. The summed E-state index contributed by atoms with van der Waals surface area (Å²) in [6.07, 6.45) is 0. The van der Waals surface area contributed by atoms with Gasteiger partial charge in [-0.3, -0.25) is 4.79 Å². The number of nitrogens with one attached hydrogen (secondary N) is 1. The van der Waals surface area contributed by atoms with Crippen molar-refractivity contribution in [1.82, 2.24) is 0 Å². The number of carbonyl (C=O) groups excluding carboxylic acids is 1. The molecule has 2 aromatic carbocycles. The van der Waals surface area contributed by atoms with Crippen molar-refractivity contribution in [2.45, 2.75) is 6.92 Å². The molecule has 0 unspecified atom stereocenters. The molecule has 102 valence electrons. The highest BCUT2D eigenvalue weighted by atomic mass is 32.1. The van der Waals surface area contributed by atoms with Gasteiger partial charge in [-0.25, -0.2) is 0 Å². The van der Waals surface area contributed by atoms with Gasteiger partial charge in [0.1, 0.15) is 10.7 Å². The smallest absolute Gasteiger partial charge is 0.255 e. The first kappa shape index (κ1) is 14.0. The van der Waals surface area contributed by atoms with Gasteiger partial charge in [0.2, 0.25) is 0 Å². The molecule has 0 bridgehead atoms. The van der Waals surface area contributed by atoms with E-state index in [0.29, 0.717) is 16.8 Å². The van der Waals surface area contributed by atoms with Gasteiger partial charge in [-0.1, -0.05) is 30.4 Å². The van der Waals surface area contributed by atoms with Crippen LogP contribution in [0.25, 0.3) is 0 Å². The van der Waals surface area contributed by atoms with Gasteiger partial charge in [-0.05, 0) is 36.8 Å². The number of benzene rings is 2. The van der Waals surface area contributed by atoms with Crippen LogP contribution in [0.1, 0.15) is 21.5 Å². The molecule has 0 aromatic heterocycles. The molecule has 0 saturated heterocycles. The van der Waals surface area contributed by atoms with Crippen LogP contribution in [0, 0.1) is 6.92 Å². The Morgan fingerprint density at radius 3 is 2.30 bits per heavy atom. The molecule has 0 spiro atoms. The minimum atomic E-state index is -0.307. The van der Waals surface area contributed by atoms with Crippen LogP contribution in [0.3, 0.4) is 0 Å². The number of hydrogen-bond donors (Lipinski definition) is 3. The van der Waals surface area contributed by atoms with Crippen molar-refractivity contribution < 1.29 is 9.90 Å². The van der Waals surface area contributed by atoms with E-state index in [0.717, 1.165) is 5.56 Å². The predicted octanol–water partition coefficient (Wildman–Crippen LogP) is 2.59. The molecule has 0 aliphatic rings. The van der Waals surface area contributed by atoms with Crippen LogP contribution in [0.15, 0.2) is 42.5 Å². The Morgan fingerprint density at radius 1 is 1.15 bits per heavy atom. The Labute approximate surface area is 122 Å². The van der Waals surface area contributed by atoms with Crippen molar-refractivity contribution in [2.75, 3.05) is 5.32 Å². The lowest BCUT2D eigenvalue weighted by atomic mass is 10.1. The van der Waals surface area contributed by atoms with Crippen molar-refractivity contribution in [3.63, 3.8) is 0 Å². The van der Waals surface area contributed by atoms with E-state index in [1.807, 2.05) is 13.0 Å². The average molecular weight is 286 g/mol. The van der Waals surface area contributed by atoms with Crippen LogP contribution in [0.5, 0.6) is 5.75 Å². The third-order valence-corrected chi connectivity index (χ3v) is 3.07. The number of thiocarbonyl (C=S) groups is 1. The lowest BCUT2D eigenvalue weighted by molar-refractivity contribution is 0.102. The second-order valence-corrected chi connectivity index (χ2v) is 4.86. The number of rotatable bonds is 3. The lowest BCUT2D eigenvalue weighted by Crippen LogP contribution is -2.13. The Hall–Kier alpha value is -2.40. The average Bonchev–Trinajstić information content (AvgIpc) is 2.42. The second-order valence-electron chi connectivity index (χ2n) is 4.42. The first-order valence-corrected chi connectivity index (χ1v) is 6.39. The molecule has 5 heteroatoms. The Kier molecular flexibility index (Phi) is 4.00. The molecule has 0 aliphatic carbocycles. The fourth-order valence-corrected chi connectivity index (χ4v) is 1.86. The van der Waals surface area contributed by atoms with Gasteiger partial charge in [0.05, 0.1) is 5.69 Å². The number of aryl methyl sites for hydroxylation is 1. The van der Waals surface area contributed by atoms with Gasteiger partial charge < -0.3 is 16.2 Å². The number of hydrogen-bond acceptors (Lipinski definition) is 3. The SMILES string of the molecule is Cc1ccc(NC(=O)c2ccc(C(N)=S)cc2)c(O)c1. The zero-order chi connectivity index (χ0) is 14.7. The minimum absolute atomic E-state index is 0.0399. The molecule has 4 nitrogen and oxygen atoms in total. The summed E-state index contributed by atoms with van der Waals surface area (Å²) in [5, 5.41) is 12.4. The molecule has 4 N–H and O–H groups in total. The minimum Gasteiger partial charge on any atom is -0.506 e. The molecule has 2 rings (SSSR count). The highest BCUT2D eigenvalue weighted by Crippen LogP contribution is 2.24. The van der Waals surface area contributed by atoms with Crippen molar-refractivity contribution in [3.05, 3.63) is 59.2 Å². The summed E-state index contributed by atoms with van der Waals surface area (Å²) in [4.78, 5) is 12.3. The summed E-state index contributed by atoms with van der Waals surface area (Å²) in [6, 6.07) is 11.7.